The fourth-order valence-corrected chi connectivity index (χ4v) is 3.71. The molecular weight excluding hydrogens is 416 g/mol. The average Bonchev–Trinajstić information content (AvgIpc) is 2.94. The highest BCUT2D eigenvalue weighted by Gasteiger charge is 2.12. The maximum atomic E-state index is 12.4. The third kappa shape index (κ3) is 4.64. The lowest BCUT2D eigenvalue weighted by Gasteiger charge is -2.10. The first-order chi connectivity index (χ1) is 12.5. The molecule has 1 amide bonds. The zero-order valence-corrected chi connectivity index (χ0v) is 16.7. The minimum Gasteiger partial charge on any atom is -0.497 e. The van der Waals surface area contributed by atoms with E-state index in [1.54, 1.807) is 11.8 Å². The van der Waals surface area contributed by atoms with Crippen molar-refractivity contribution in [3.05, 3.63) is 58.8 Å². The number of anilines is 1. The number of aromatic nitrogens is 3. The van der Waals surface area contributed by atoms with Crippen LogP contribution in [0.15, 0.2) is 63.3 Å². The van der Waals surface area contributed by atoms with Gasteiger partial charge in [0.05, 0.1) is 19.2 Å². The summed E-state index contributed by atoms with van der Waals surface area (Å²) < 4.78 is 7.35. The molecule has 0 saturated heterocycles. The zero-order chi connectivity index (χ0) is 18.5. The van der Waals surface area contributed by atoms with E-state index in [4.69, 9.17) is 4.74 Å². The van der Waals surface area contributed by atoms with Gasteiger partial charge in [0.1, 0.15) is 5.75 Å². The first-order valence-electron chi connectivity index (χ1n) is 7.81. The molecule has 0 aliphatic carbocycles. The summed E-state index contributed by atoms with van der Waals surface area (Å²) in [6, 6.07) is 15.1. The summed E-state index contributed by atoms with van der Waals surface area (Å²) in [5.74, 6) is 0.688. The molecule has 3 rings (SSSR count). The van der Waals surface area contributed by atoms with Gasteiger partial charge < -0.3 is 10.1 Å². The van der Waals surface area contributed by atoms with Crippen molar-refractivity contribution in [1.82, 2.24) is 14.8 Å². The minimum atomic E-state index is -0.0811. The molecule has 0 aliphatic heterocycles. The Balaban J connectivity index is 1.71. The van der Waals surface area contributed by atoms with Gasteiger partial charge in [0, 0.05) is 11.9 Å². The fourth-order valence-electron chi connectivity index (χ4n) is 2.31. The summed E-state index contributed by atoms with van der Waals surface area (Å²) in [7, 11) is 3.44. The number of methoxy groups -OCH3 is 1. The number of nitrogens with zero attached hydrogens (tertiary/aromatic N) is 3. The molecule has 0 bridgehead atoms. The van der Waals surface area contributed by atoms with Crippen molar-refractivity contribution in [2.24, 2.45) is 7.05 Å². The van der Waals surface area contributed by atoms with Gasteiger partial charge in [-0.25, -0.2) is 4.68 Å². The first kappa shape index (κ1) is 18.5. The highest BCUT2D eigenvalue weighted by atomic mass is 79.9. The Hall–Kier alpha value is -2.32. The summed E-state index contributed by atoms with van der Waals surface area (Å²) in [6.45, 7) is 0. The number of amides is 1. The van der Waals surface area contributed by atoms with E-state index in [0.29, 0.717) is 11.2 Å². The summed E-state index contributed by atoms with van der Waals surface area (Å²) in [4.78, 5) is 17.6. The van der Waals surface area contributed by atoms with Crippen LogP contribution in [0.5, 0.6) is 5.75 Å². The number of ether oxygens (including phenoxy) is 1. The van der Waals surface area contributed by atoms with Crippen LogP contribution >= 0.6 is 27.7 Å². The van der Waals surface area contributed by atoms with Crippen LogP contribution in [0.4, 0.5) is 5.69 Å². The van der Waals surface area contributed by atoms with Crippen molar-refractivity contribution in [3.8, 4) is 5.75 Å². The van der Waals surface area contributed by atoms with Crippen LogP contribution in [0.2, 0.25) is 0 Å². The van der Waals surface area contributed by atoms with Crippen LogP contribution in [0.3, 0.4) is 0 Å². The summed E-state index contributed by atoms with van der Waals surface area (Å²) in [5.41, 5.74) is 1.67. The molecule has 0 aliphatic rings. The summed E-state index contributed by atoms with van der Waals surface area (Å²) >= 11 is 4.71. The molecule has 6 nitrogen and oxygen atoms in total. The molecule has 26 heavy (non-hydrogen) atoms. The molecular formula is C18H17BrN4O2S. The number of rotatable bonds is 6. The van der Waals surface area contributed by atoms with E-state index in [1.165, 1.54) is 11.8 Å². The lowest BCUT2D eigenvalue weighted by molar-refractivity contribution is -0.115. The van der Waals surface area contributed by atoms with Gasteiger partial charge in [-0.1, -0.05) is 24.3 Å². The minimum absolute atomic E-state index is 0.0811. The van der Waals surface area contributed by atoms with Crippen LogP contribution in [-0.2, 0) is 18.3 Å². The number of halogens is 1. The molecule has 1 aromatic heterocycles. The Labute approximate surface area is 164 Å². The Morgan fingerprint density at radius 2 is 1.96 bits per heavy atom. The average molecular weight is 433 g/mol. The smallest absolute Gasteiger partial charge is 0.228 e. The van der Waals surface area contributed by atoms with Gasteiger partial charge in [-0.3, -0.25) is 4.79 Å². The van der Waals surface area contributed by atoms with Crippen LogP contribution in [0.25, 0.3) is 0 Å². The second-order valence-electron chi connectivity index (χ2n) is 5.46. The number of aryl methyl sites for hydroxylation is 1. The highest BCUT2D eigenvalue weighted by Crippen LogP contribution is 2.32. The number of hydrogen-bond donors (Lipinski definition) is 1. The molecule has 0 fully saturated rings. The Morgan fingerprint density at radius 1 is 1.23 bits per heavy atom. The SMILES string of the molecule is COc1ccc(CC(=O)Nc2ccccc2Sc2nc(Br)nn2C)cc1. The molecule has 0 unspecified atom stereocenters. The molecule has 1 heterocycles. The largest absolute Gasteiger partial charge is 0.497 e. The van der Waals surface area contributed by atoms with Gasteiger partial charge in [-0.05, 0) is 57.5 Å². The number of para-hydroxylation sites is 1. The van der Waals surface area contributed by atoms with E-state index in [2.05, 4.69) is 31.3 Å². The molecule has 134 valence electrons. The lowest BCUT2D eigenvalue weighted by atomic mass is 10.1. The van der Waals surface area contributed by atoms with Crippen molar-refractivity contribution >= 4 is 39.3 Å². The number of hydrogen-bond acceptors (Lipinski definition) is 5. The van der Waals surface area contributed by atoms with E-state index in [9.17, 15) is 4.79 Å². The predicted octanol–water partition coefficient (Wildman–Crippen LogP) is 3.92. The zero-order valence-electron chi connectivity index (χ0n) is 14.3. The molecule has 0 spiro atoms. The predicted molar refractivity (Wildman–Crippen MR) is 105 cm³/mol. The molecule has 1 N–H and O–H groups in total. The van der Waals surface area contributed by atoms with E-state index in [1.807, 2.05) is 55.6 Å². The van der Waals surface area contributed by atoms with Gasteiger partial charge in [0.2, 0.25) is 10.6 Å². The topological polar surface area (TPSA) is 69.0 Å². The van der Waals surface area contributed by atoms with Crippen LogP contribution < -0.4 is 10.1 Å². The molecule has 3 aromatic rings. The molecule has 2 aromatic carbocycles. The summed E-state index contributed by atoms with van der Waals surface area (Å²) in [5, 5.41) is 7.88. The highest BCUT2D eigenvalue weighted by molar-refractivity contribution is 9.10. The van der Waals surface area contributed by atoms with Crippen LogP contribution in [0.1, 0.15) is 5.56 Å². The maximum Gasteiger partial charge on any atom is 0.228 e. The van der Waals surface area contributed by atoms with Crippen molar-refractivity contribution in [1.29, 1.82) is 0 Å². The first-order valence-corrected chi connectivity index (χ1v) is 9.42. The van der Waals surface area contributed by atoms with E-state index < -0.39 is 0 Å². The van der Waals surface area contributed by atoms with Gasteiger partial charge in [0.15, 0.2) is 5.16 Å². The van der Waals surface area contributed by atoms with E-state index in [-0.39, 0.29) is 5.91 Å². The number of nitrogens with one attached hydrogen (secondary N) is 1. The molecule has 0 radical (unpaired) electrons. The van der Waals surface area contributed by atoms with Crippen molar-refractivity contribution in [3.63, 3.8) is 0 Å². The fraction of sp³-hybridized carbons (Fsp3) is 0.167. The summed E-state index contributed by atoms with van der Waals surface area (Å²) in [6.07, 6.45) is 0.290. The number of carbonyl (C=O) groups excluding carboxylic acids is 1. The molecule has 0 atom stereocenters. The van der Waals surface area contributed by atoms with Gasteiger partial charge in [-0.15, -0.1) is 5.10 Å². The molecule has 0 saturated carbocycles. The van der Waals surface area contributed by atoms with Gasteiger partial charge >= 0.3 is 0 Å². The second kappa shape index (κ2) is 8.37. The van der Waals surface area contributed by atoms with Crippen molar-refractivity contribution in [2.75, 3.05) is 12.4 Å². The number of carbonyl (C=O) groups is 1. The Bertz CT molecular complexity index is 912. The third-order valence-corrected chi connectivity index (χ3v) is 5.03. The van der Waals surface area contributed by atoms with Gasteiger partial charge in [-0.2, -0.15) is 4.98 Å². The third-order valence-electron chi connectivity index (χ3n) is 3.58. The van der Waals surface area contributed by atoms with Crippen LogP contribution in [0, 0.1) is 0 Å². The van der Waals surface area contributed by atoms with Crippen molar-refractivity contribution < 1.29 is 9.53 Å². The maximum absolute atomic E-state index is 12.4. The van der Waals surface area contributed by atoms with Gasteiger partial charge in [0.25, 0.3) is 0 Å². The molecule has 8 heteroatoms. The monoisotopic (exact) mass is 432 g/mol. The number of benzene rings is 2. The van der Waals surface area contributed by atoms with Crippen LogP contribution in [-0.4, -0.2) is 27.8 Å². The normalized spacial score (nSPS) is 10.6. The lowest BCUT2D eigenvalue weighted by Crippen LogP contribution is -2.15. The van der Waals surface area contributed by atoms with E-state index >= 15 is 0 Å². The van der Waals surface area contributed by atoms with Crippen molar-refractivity contribution in [2.45, 2.75) is 16.5 Å². The second-order valence-corrected chi connectivity index (χ2v) is 7.18. The Kier molecular flexibility index (Phi) is 5.95. The van der Waals surface area contributed by atoms with E-state index in [0.717, 1.165) is 27.1 Å². The standard InChI is InChI=1S/C18H17BrN4O2S/c1-23-18(21-17(19)22-23)26-15-6-4-3-5-14(15)20-16(24)11-12-7-9-13(25-2)10-8-12/h3-10H,11H2,1-2H3,(H,20,24). The quantitative estimate of drug-likeness (QED) is 0.638. The Morgan fingerprint density at radius 3 is 2.62 bits per heavy atom.